The number of fused-ring (bicyclic) bond motifs is 3. The molecule has 2 aliphatic heterocycles. The molecule has 80 valence electrons. The summed E-state index contributed by atoms with van der Waals surface area (Å²) in [4.78, 5) is 0. The van der Waals surface area contributed by atoms with Gasteiger partial charge >= 0.3 is 0 Å². The largest absolute Gasteiger partial charge is 0.497 e. The molecule has 15 heavy (non-hydrogen) atoms. The summed E-state index contributed by atoms with van der Waals surface area (Å²) in [5.74, 6) is 2.49. The van der Waals surface area contributed by atoms with Crippen LogP contribution in [0, 0.1) is 5.92 Å². The number of rotatable bonds is 1. The van der Waals surface area contributed by atoms with Crippen molar-refractivity contribution >= 4 is 0 Å². The average Bonchev–Trinajstić information content (AvgIpc) is 2.76. The van der Waals surface area contributed by atoms with E-state index in [1.165, 1.54) is 12.0 Å². The van der Waals surface area contributed by atoms with Gasteiger partial charge < -0.3 is 14.8 Å². The summed E-state index contributed by atoms with van der Waals surface area (Å²) in [7, 11) is 1.68. The summed E-state index contributed by atoms with van der Waals surface area (Å²) < 4.78 is 11.0. The molecule has 0 saturated carbocycles. The molecule has 1 aromatic rings. The molecule has 2 unspecified atom stereocenters. The minimum Gasteiger partial charge on any atom is -0.497 e. The third-order valence-corrected chi connectivity index (χ3v) is 3.36. The Labute approximate surface area is 89.4 Å². The molecule has 0 amide bonds. The molecule has 0 radical (unpaired) electrons. The van der Waals surface area contributed by atoms with Crippen molar-refractivity contribution in [2.45, 2.75) is 12.5 Å². The number of ether oxygens (including phenoxy) is 2. The molecule has 2 atom stereocenters. The summed E-state index contributed by atoms with van der Waals surface area (Å²) in [5, 5.41) is 3.53. The Balaban J connectivity index is 2.00. The summed E-state index contributed by atoms with van der Waals surface area (Å²) in [6, 6.07) is 6.58. The van der Waals surface area contributed by atoms with Gasteiger partial charge in [0, 0.05) is 23.6 Å². The van der Waals surface area contributed by atoms with E-state index in [1.807, 2.05) is 12.1 Å². The van der Waals surface area contributed by atoms with E-state index >= 15 is 0 Å². The van der Waals surface area contributed by atoms with Gasteiger partial charge in [-0.3, -0.25) is 0 Å². The van der Waals surface area contributed by atoms with Crippen LogP contribution in [0.1, 0.15) is 18.0 Å². The van der Waals surface area contributed by atoms with Gasteiger partial charge in [-0.1, -0.05) is 6.07 Å². The number of hydrogen-bond acceptors (Lipinski definition) is 3. The zero-order valence-electron chi connectivity index (χ0n) is 8.82. The van der Waals surface area contributed by atoms with Crippen molar-refractivity contribution in [2.24, 2.45) is 5.92 Å². The molecule has 2 aliphatic rings. The third-order valence-electron chi connectivity index (χ3n) is 3.36. The topological polar surface area (TPSA) is 30.5 Å². The molecule has 1 N–H and O–H groups in total. The van der Waals surface area contributed by atoms with Crippen LogP contribution in [-0.4, -0.2) is 20.3 Å². The minimum atomic E-state index is 0.486. The second kappa shape index (κ2) is 3.42. The molecular weight excluding hydrogens is 190 g/mol. The highest BCUT2D eigenvalue weighted by Crippen LogP contribution is 2.40. The molecular formula is C12H15NO2. The van der Waals surface area contributed by atoms with Crippen molar-refractivity contribution in [3.63, 3.8) is 0 Å². The Kier molecular flexibility index (Phi) is 2.06. The molecule has 1 aromatic carbocycles. The number of benzene rings is 1. The highest BCUT2D eigenvalue weighted by Gasteiger charge is 2.34. The Morgan fingerprint density at radius 2 is 2.40 bits per heavy atom. The minimum absolute atomic E-state index is 0.486. The van der Waals surface area contributed by atoms with Crippen molar-refractivity contribution in [1.29, 1.82) is 0 Å². The molecule has 0 aromatic heterocycles. The first-order valence-electron chi connectivity index (χ1n) is 5.42. The summed E-state index contributed by atoms with van der Waals surface area (Å²) in [6.45, 7) is 1.93. The Hall–Kier alpha value is -1.22. The summed E-state index contributed by atoms with van der Waals surface area (Å²) in [6.07, 6.45) is 1.22. The van der Waals surface area contributed by atoms with Crippen LogP contribution in [0.5, 0.6) is 11.5 Å². The maximum atomic E-state index is 5.76. The molecule has 0 bridgehead atoms. The molecule has 3 nitrogen and oxygen atoms in total. The van der Waals surface area contributed by atoms with E-state index in [0.29, 0.717) is 12.0 Å². The Bertz CT molecular complexity index is 378. The van der Waals surface area contributed by atoms with Crippen molar-refractivity contribution in [3.05, 3.63) is 23.8 Å². The normalized spacial score (nSPS) is 27.8. The van der Waals surface area contributed by atoms with E-state index in [4.69, 9.17) is 9.47 Å². The van der Waals surface area contributed by atoms with Gasteiger partial charge in [0.25, 0.3) is 0 Å². The van der Waals surface area contributed by atoms with Gasteiger partial charge in [0.2, 0.25) is 0 Å². The van der Waals surface area contributed by atoms with E-state index < -0.39 is 0 Å². The highest BCUT2D eigenvalue weighted by atomic mass is 16.5. The molecule has 3 rings (SSSR count). The van der Waals surface area contributed by atoms with Crippen molar-refractivity contribution in [3.8, 4) is 11.5 Å². The van der Waals surface area contributed by atoms with Crippen molar-refractivity contribution < 1.29 is 9.47 Å². The van der Waals surface area contributed by atoms with Gasteiger partial charge in [-0.05, 0) is 19.0 Å². The van der Waals surface area contributed by atoms with Gasteiger partial charge in [0.15, 0.2) is 0 Å². The van der Waals surface area contributed by atoms with E-state index in [-0.39, 0.29) is 0 Å². The van der Waals surface area contributed by atoms with Crippen LogP contribution in [0.3, 0.4) is 0 Å². The van der Waals surface area contributed by atoms with Crippen molar-refractivity contribution in [1.82, 2.24) is 5.32 Å². The van der Waals surface area contributed by atoms with Gasteiger partial charge in [-0.25, -0.2) is 0 Å². The highest BCUT2D eigenvalue weighted by molar-refractivity contribution is 5.44. The molecule has 3 heteroatoms. The lowest BCUT2D eigenvalue weighted by Crippen LogP contribution is -2.27. The van der Waals surface area contributed by atoms with Crippen LogP contribution in [0.2, 0.25) is 0 Å². The van der Waals surface area contributed by atoms with E-state index in [2.05, 4.69) is 11.4 Å². The quantitative estimate of drug-likeness (QED) is 0.757. The van der Waals surface area contributed by atoms with Gasteiger partial charge in [-0.15, -0.1) is 0 Å². The van der Waals surface area contributed by atoms with Crippen LogP contribution in [0.4, 0.5) is 0 Å². The lowest BCUT2D eigenvalue weighted by molar-refractivity contribution is 0.204. The van der Waals surface area contributed by atoms with Gasteiger partial charge in [0.1, 0.15) is 11.5 Å². The fraction of sp³-hybridized carbons (Fsp3) is 0.500. The predicted molar refractivity (Wildman–Crippen MR) is 57.3 cm³/mol. The lowest BCUT2D eigenvalue weighted by Gasteiger charge is -2.28. The maximum absolute atomic E-state index is 5.76. The van der Waals surface area contributed by atoms with Crippen molar-refractivity contribution in [2.75, 3.05) is 20.3 Å². The average molecular weight is 205 g/mol. The molecule has 0 aliphatic carbocycles. The predicted octanol–water partition coefficient (Wildman–Crippen LogP) is 1.74. The summed E-state index contributed by atoms with van der Waals surface area (Å²) >= 11 is 0. The second-order valence-corrected chi connectivity index (χ2v) is 4.20. The zero-order valence-corrected chi connectivity index (χ0v) is 8.82. The summed E-state index contributed by atoms with van der Waals surface area (Å²) in [5.41, 5.74) is 1.28. The third kappa shape index (κ3) is 1.38. The maximum Gasteiger partial charge on any atom is 0.127 e. The zero-order chi connectivity index (χ0) is 10.3. The van der Waals surface area contributed by atoms with E-state index in [1.54, 1.807) is 7.11 Å². The molecule has 1 fully saturated rings. The fourth-order valence-corrected chi connectivity index (χ4v) is 2.52. The Morgan fingerprint density at radius 1 is 1.47 bits per heavy atom. The monoisotopic (exact) mass is 205 g/mol. The first-order valence-corrected chi connectivity index (χ1v) is 5.42. The SMILES string of the molecule is COc1ccc2c(c1)OCC1CCNC21. The van der Waals surface area contributed by atoms with Crippen LogP contribution in [0.15, 0.2) is 18.2 Å². The molecule has 1 saturated heterocycles. The van der Waals surface area contributed by atoms with Crippen LogP contribution in [-0.2, 0) is 0 Å². The Morgan fingerprint density at radius 3 is 3.27 bits per heavy atom. The van der Waals surface area contributed by atoms with Gasteiger partial charge in [-0.2, -0.15) is 0 Å². The second-order valence-electron chi connectivity index (χ2n) is 4.20. The van der Waals surface area contributed by atoms with Gasteiger partial charge in [0.05, 0.1) is 13.7 Å². The molecule has 0 spiro atoms. The van der Waals surface area contributed by atoms with Crippen LogP contribution >= 0.6 is 0 Å². The van der Waals surface area contributed by atoms with E-state index in [0.717, 1.165) is 24.7 Å². The number of hydrogen-bond donors (Lipinski definition) is 1. The lowest BCUT2D eigenvalue weighted by atomic mass is 9.92. The number of nitrogens with one attached hydrogen (secondary N) is 1. The molecule has 2 heterocycles. The van der Waals surface area contributed by atoms with E-state index in [9.17, 15) is 0 Å². The number of methoxy groups -OCH3 is 1. The fourth-order valence-electron chi connectivity index (χ4n) is 2.52. The first kappa shape index (κ1) is 9.04. The smallest absolute Gasteiger partial charge is 0.127 e. The van der Waals surface area contributed by atoms with Crippen LogP contribution in [0.25, 0.3) is 0 Å². The standard InChI is InChI=1S/C12H15NO2/c1-14-9-2-3-10-11(6-9)15-7-8-4-5-13-12(8)10/h2-3,6,8,12-13H,4-5,7H2,1H3. The van der Waals surface area contributed by atoms with Crippen LogP contribution < -0.4 is 14.8 Å². The first-order chi connectivity index (χ1) is 7.38.